The molecule has 2 aromatic heterocycles. The number of carbonyl (C=O) groups is 2. The third-order valence-corrected chi connectivity index (χ3v) is 5.55. The molecule has 0 saturated carbocycles. The highest BCUT2D eigenvalue weighted by molar-refractivity contribution is 5.96. The molecule has 1 aliphatic heterocycles. The largest absolute Gasteiger partial charge is 0.386 e. The number of halogens is 1. The van der Waals surface area contributed by atoms with Crippen molar-refractivity contribution in [3.05, 3.63) is 59.4 Å². The third-order valence-electron chi connectivity index (χ3n) is 5.55. The predicted octanol–water partition coefficient (Wildman–Crippen LogP) is 2.19. The minimum Gasteiger partial charge on any atom is -0.386 e. The molecule has 1 fully saturated rings. The van der Waals surface area contributed by atoms with Crippen molar-refractivity contribution in [1.82, 2.24) is 19.7 Å². The number of anilines is 3. The number of benzene rings is 1. The standard InChI is InChI=1S/C14H19N7O.C10H12FNO2/c1-20-9-10(7-17-20)18-14-12(13(15)22)16-8-11(19-14)21-5-3-2-4-6-21;1-10(2,14)7-4-3-6(9(12)13)5-8(7)11/h7-9H,2-6H2,1H3,(H2,15,22)(H,18,19);3-5,14H,1-2H3,(H2,12,13). The molecule has 0 unspecified atom stereocenters. The maximum absolute atomic E-state index is 13.3. The van der Waals surface area contributed by atoms with Gasteiger partial charge in [0.1, 0.15) is 11.6 Å². The number of piperidine rings is 1. The van der Waals surface area contributed by atoms with Crippen LogP contribution >= 0.6 is 0 Å². The Morgan fingerprint density at radius 1 is 1.11 bits per heavy atom. The van der Waals surface area contributed by atoms with E-state index in [1.165, 1.54) is 32.4 Å². The van der Waals surface area contributed by atoms with Gasteiger partial charge in [0, 0.05) is 37.5 Å². The van der Waals surface area contributed by atoms with Gasteiger partial charge in [-0.1, -0.05) is 6.07 Å². The lowest BCUT2D eigenvalue weighted by Gasteiger charge is -2.27. The van der Waals surface area contributed by atoms with E-state index in [1.807, 2.05) is 7.05 Å². The zero-order chi connectivity index (χ0) is 26.5. The van der Waals surface area contributed by atoms with E-state index in [2.05, 4.69) is 25.3 Å². The quantitative estimate of drug-likeness (QED) is 0.401. The summed E-state index contributed by atoms with van der Waals surface area (Å²) in [5.41, 5.74) is 10.2. The second kappa shape index (κ2) is 11.1. The molecule has 1 aliphatic rings. The highest BCUT2D eigenvalue weighted by atomic mass is 19.1. The van der Waals surface area contributed by atoms with Gasteiger partial charge in [0.2, 0.25) is 5.91 Å². The average Bonchev–Trinajstić information content (AvgIpc) is 3.23. The number of nitrogens with two attached hydrogens (primary N) is 2. The van der Waals surface area contributed by atoms with Gasteiger partial charge in [0.25, 0.3) is 5.91 Å². The van der Waals surface area contributed by atoms with Crippen LogP contribution in [0, 0.1) is 5.82 Å². The number of aliphatic hydroxyl groups is 1. The number of hydrogen-bond donors (Lipinski definition) is 4. The molecule has 0 radical (unpaired) electrons. The normalized spacial score (nSPS) is 13.5. The van der Waals surface area contributed by atoms with Gasteiger partial charge in [-0.15, -0.1) is 0 Å². The molecule has 6 N–H and O–H groups in total. The van der Waals surface area contributed by atoms with Crippen molar-refractivity contribution in [1.29, 1.82) is 0 Å². The Kier molecular flexibility index (Phi) is 8.20. The zero-order valence-corrected chi connectivity index (χ0v) is 20.5. The molecule has 12 heteroatoms. The predicted molar refractivity (Wildman–Crippen MR) is 133 cm³/mol. The Labute approximate surface area is 208 Å². The maximum atomic E-state index is 13.3. The maximum Gasteiger partial charge on any atom is 0.271 e. The minimum atomic E-state index is -1.26. The van der Waals surface area contributed by atoms with Crippen LogP contribution in [0.1, 0.15) is 59.5 Å². The van der Waals surface area contributed by atoms with E-state index < -0.39 is 23.2 Å². The second-order valence-electron chi connectivity index (χ2n) is 8.98. The number of aromatic nitrogens is 4. The number of amides is 2. The van der Waals surface area contributed by atoms with E-state index in [1.54, 1.807) is 23.3 Å². The van der Waals surface area contributed by atoms with E-state index >= 15 is 0 Å². The molecule has 4 rings (SSSR count). The summed E-state index contributed by atoms with van der Waals surface area (Å²) >= 11 is 0. The first-order chi connectivity index (χ1) is 17.0. The summed E-state index contributed by atoms with van der Waals surface area (Å²) in [7, 11) is 1.82. The number of hydrogen-bond acceptors (Lipinski definition) is 8. The van der Waals surface area contributed by atoms with E-state index in [0.717, 1.165) is 43.5 Å². The van der Waals surface area contributed by atoms with E-state index in [4.69, 9.17) is 11.5 Å². The summed E-state index contributed by atoms with van der Waals surface area (Å²) in [4.78, 5) is 33.2. The molecule has 1 aromatic carbocycles. The first-order valence-corrected chi connectivity index (χ1v) is 11.5. The van der Waals surface area contributed by atoms with Gasteiger partial charge in [-0.05, 0) is 45.2 Å². The first-order valence-electron chi connectivity index (χ1n) is 11.5. The lowest BCUT2D eigenvalue weighted by atomic mass is 9.96. The molecule has 0 bridgehead atoms. The Morgan fingerprint density at radius 2 is 1.81 bits per heavy atom. The van der Waals surface area contributed by atoms with Crippen LogP contribution in [0.4, 0.5) is 21.7 Å². The van der Waals surface area contributed by atoms with Crippen molar-refractivity contribution in [3.63, 3.8) is 0 Å². The molecule has 0 spiro atoms. The zero-order valence-electron chi connectivity index (χ0n) is 20.5. The van der Waals surface area contributed by atoms with Crippen LogP contribution < -0.4 is 21.7 Å². The van der Waals surface area contributed by atoms with Crippen LogP contribution in [0.25, 0.3) is 0 Å². The van der Waals surface area contributed by atoms with Crippen LogP contribution in [0.2, 0.25) is 0 Å². The Morgan fingerprint density at radius 3 is 2.33 bits per heavy atom. The summed E-state index contributed by atoms with van der Waals surface area (Å²) < 4.78 is 15.0. The van der Waals surface area contributed by atoms with Crippen molar-refractivity contribution < 1.29 is 19.1 Å². The number of primary amides is 2. The molecular weight excluding hydrogens is 467 g/mol. The molecule has 36 heavy (non-hydrogen) atoms. The van der Waals surface area contributed by atoms with Crippen LogP contribution in [-0.2, 0) is 12.6 Å². The van der Waals surface area contributed by atoms with Gasteiger partial charge in [-0.2, -0.15) is 5.10 Å². The summed E-state index contributed by atoms with van der Waals surface area (Å²) in [6.45, 7) is 4.85. The summed E-state index contributed by atoms with van der Waals surface area (Å²) in [5.74, 6) is -0.802. The number of carbonyl (C=O) groups excluding carboxylic acids is 2. The van der Waals surface area contributed by atoms with Crippen LogP contribution in [-0.4, -0.2) is 49.8 Å². The topological polar surface area (TPSA) is 165 Å². The monoisotopic (exact) mass is 498 g/mol. The summed E-state index contributed by atoms with van der Waals surface area (Å²) in [6, 6.07) is 3.77. The Hall–Kier alpha value is -4.06. The van der Waals surface area contributed by atoms with E-state index in [9.17, 15) is 19.1 Å². The fourth-order valence-corrected chi connectivity index (χ4v) is 3.71. The SMILES string of the molecule is CC(C)(O)c1ccc(C(N)=O)cc1F.Cn1cc(Nc2nc(N3CCCCC3)cnc2C(N)=O)cn1. The van der Waals surface area contributed by atoms with Crippen molar-refractivity contribution in [3.8, 4) is 0 Å². The van der Waals surface area contributed by atoms with Crippen molar-refractivity contribution in [2.45, 2.75) is 38.7 Å². The highest BCUT2D eigenvalue weighted by Gasteiger charge is 2.21. The molecule has 11 nitrogen and oxygen atoms in total. The van der Waals surface area contributed by atoms with Gasteiger partial charge in [0.05, 0.1) is 23.7 Å². The van der Waals surface area contributed by atoms with Gasteiger partial charge < -0.3 is 26.8 Å². The molecule has 3 aromatic rings. The van der Waals surface area contributed by atoms with Crippen LogP contribution in [0.3, 0.4) is 0 Å². The summed E-state index contributed by atoms with van der Waals surface area (Å²) in [6.07, 6.45) is 8.58. The average molecular weight is 499 g/mol. The Bertz CT molecular complexity index is 1230. The molecule has 1 saturated heterocycles. The molecule has 3 heterocycles. The molecular formula is C24H31FN8O3. The van der Waals surface area contributed by atoms with Crippen molar-refractivity contribution >= 4 is 29.1 Å². The minimum absolute atomic E-state index is 0.0931. The lowest BCUT2D eigenvalue weighted by Crippen LogP contribution is -2.30. The number of nitrogens with zero attached hydrogens (tertiary/aromatic N) is 5. The highest BCUT2D eigenvalue weighted by Crippen LogP contribution is 2.24. The van der Waals surface area contributed by atoms with Gasteiger partial charge in [-0.3, -0.25) is 14.3 Å². The smallest absolute Gasteiger partial charge is 0.271 e. The van der Waals surface area contributed by atoms with Crippen molar-refractivity contribution in [2.24, 2.45) is 18.5 Å². The van der Waals surface area contributed by atoms with Gasteiger partial charge >= 0.3 is 0 Å². The van der Waals surface area contributed by atoms with Gasteiger partial charge in [-0.25, -0.2) is 14.4 Å². The molecule has 0 atom stereocenters. The first kappa shape index (κ1) is 26.5. The number of rotatable bonds is 6. The van der Waals surface area contributed by atoms with E-state index in [-0.39, 0.29) is 16.8 Å². The van der Waals surface area contributed by atoms with Crippen molar-refractivity contribution in [2.75, 3.05) is 23.3 Å². The van der Waals surface area contributed by atoms with E-state index in [0.29, 0.717) is 5.82 Å². The molecule has 0 aliphatic carbocycles. The van der Waals surface area contributed by atoms with Gasteiger partial charge in [0.15, 0.2) is 11.5 Å². The molecule has 192 valence electrons. The summed E-state index contributed by atoms with van der Waals surface area (Å²) in [5, 5.41) is 16.7. The lowest BCUT2D eigenvalue weighted by molar-refractivity contribution is 0.0743. The Balaban J connectivity index is 0.000000223. The fourth-order valence-electron chi connectivity index (χ4n) is 3.71. The molecule has 2 amide bonds. The number of aryl methyl sites for hydroxylation is 1. The number of nitrogens with one attached hydrogen (secondary N) is 1. The van der Waals surface area contributed by atoms with Crippen LogP contribution in [0.5, 0.6) is 0 Å². The fraction of sp³-hybridized carbons (Fsp3) is 0.375. The van der Waals surface area contributed by atoms with Crippen LogP contribution in [0.15, 0.2) is 36.8 Å². The second-order valence-corrected chi connectivity index (χ2v) is 8.98. The third kappa shape index (κ3) is 6.75.